The fourth-order valence-corrected chi connectivity index (χ4v) is 3.83. The molecule has 1 unspecified atom stereocenters. The number of nitrogens with one attached hydrogen (secondary N) is 1. The van der Waals surface area contributed by atoms with Gasteiger partial charge in [0, 0.05) is 12.0 Å². The molecule has 8 nitrogen and oxygen atoms in total. The number of aromatic hydroxyl groups is 2. The number of hydrogen-bond donors (Lipinski definition) is 4. The molecule has 1 atom stereocenters. The van der Waals surface area contributed by atoms with Crippen molar-refractivity contribution in [3.05, 3.63) is 51.6 Å². The summed E-state index contributed by atoms with van der Waals surface area (Å²) in [6.45, 7) is 9.59. The summed E-state index contributed by atoms with van der Waals surface area (Å²) in [7, 11) is 0. The molecular formula is C24H29N3O5. The van der Waals surface area contributed by atoms with Crippen molar-refractivity contribution in [1.29, 1.82) is 0 Å². The summed E-state index contributed by atoms with van der Waals surface area (Å²) in [5.74, 6) is -1.05. The third-order valence-electron chi connectivity index (χ3n) is 6.35. The second-order valence-corrected chi connectivity index (χ2v) is 8.42. The summed E-state index contributed by atoms with van der Waals surface area (Å²) in [6, 6.07) is 3.72. The Bertz CT molecular complexity index is 1140. The molecule has 0 aliphatic carbocycles. The average Bonchev–Trinajstić information content (AvgIpc) is 2.76. The molecule has 1 heterocycles. The molecule has 0 spiro atoms. The third-order valence-corrected chi connectivity index (χ3v) is 6.35. The number of ether oxygens (including phenoxy) is 1. The molecule has 32 heavy (non-hydrogen) atoms. The molecule has 3 rings (SSSR count). The van der Waals surface area contributed by atoms with E-state index in [-0.39, 0.29) is 23.8 Å². The van der Waals surface area contributed by atoms with Crippen LogP contribution in [0.2, 0.25) is 0 Å². The number of nitrogens with zero attached hydrogens (tertiary/aromatic N) is 1. The van der Waals surface area contributed by atoms with Crippen molar-refractivity contribution in [2.24, 2.45) is 10.7 Å². The van der Waals surface area contributed by atoms with E-state index in [1.54, 1.807) is 6.92 Å². The van der Waals surface area contributed by atoms with Crippen LogP contribution in [0, 0.1) is 27.7 Å². The summed E-state index contributed by atoms with van der Waals surface area (Å²) in [5.41, 5.74) is 10.6. The van der Waals surface area contributed by atoms with E-state index < -0.39 is 23.0 Å². The topological polar surface area (TPSA) is 134 Å². The second kappa shape index (κ2) is 8.53. The maximum Gasteiger partial charge on any atom is 0.270 e. The normalized spacial score (nSPS) is 18.0. The first-order valence-electron chi connectivity index (χ1n) is 10.4. The fraction of sp³-hybridized carbons (Fsp3) is 0.375. The van der Waals surface area contributed by atoms with Crippen molar-refractivity contribution in [3.63, 3.8) is 0 Å². The van der Waals surface area contributed by atoms with Crippen LogP contribution in [0.1, 0.15) is 51.5 Å². The Kier molecular flexibility index (Phi) is 6.16. The van der Waals surface area contributed by atoms with E-state index in [9.17, 15) is 19.8 Å². The van der Waals surface area contributed by atoms with Crippen molar-refractivity contribution in [1.82, 2.24) is 5.32 Å². The number of aliphatic imine (C=N–C) groups is 1. The molecule has 2 aromatic carbocycles. The number of hydrogen-bond acceptors (Lipinski definition) is 6. The Balaban J connectivity index is 1.71. The third kappa shape index (κ3) is 4.26. The largest absolute Gasteiger partial charge is 0.504 e. The van der Waals surface area contributed by atoms with Crippen LogP contribution in [0.5, 0.6) is 17.2 Å². The predicted octanol–water partition coefficient (Wildman–Crippen LogP) is 2.73. The zero-order chi connectivity index (χ0) is 23.8. The molecule has 1 aliphatic rings. The fourth-order valence-electron chi connectivity index (χ4n) is 3.83. The first kappa shape index (κ1) is 23.1. The highest BCUT2D eigenvalue weighted by Crippen LogP contribution is 2.40. The Morgan fingerprint density at radius 2 is 1.75 bits per heavy atom. The summed E-state index contributed by atoms with van der Waals surface area (Å²) in [4.78, 5) is 29.1. The number of guanidine groups is 1. The number of carbonyl (C=O) groups excluding carboxylic acids is 2. The van der Waals surface area contributed by atoms with Crippen LogP contribution in [0.3, 0.4) is 0 Å². The van der Waals surface area contributed by atoms with Crippen molar-refractivity contribution >= 4 is 17.6 Å². The second-order valence-electron chi connectivity index (χ2n) is 8.42. The highest BCUT2D eigenvalue weighted by Gasteiger charge is 2.40. The lowest BCUT2D eigenvalue weighted by atomic mass is 9.85. The van der Waals surface area contributed by atoms with Gasteiger partial charge in [0.25, 0.3) is 5.91 Å². The molecule has 8 heteroatoms. The van der Waals surface area contributed by atoms with Crippen LogP contribution < -0.4 is 15.8 Å². The molecular weight excluding hydrogens is 410 g/mol. The molecule has 170 valence electrons. The first-order valence-corrected chi connectivity index (χ1v) is 10.4. The van der Waals surface area contributed by atoms with Crippen LogP contribution in [0.15, 0.2) is 23.2 Å². The van der Waals surface area contributed by atoms with Gasteiger partial charge in [-0.1, -0.05) is 0 Å². The SMILES string of the molecule is Cc1c(C)c(C)c2c(c1C)CCC(C)(C(=O)NC(N)=NCC(=O)c1ccc(O)c(O)c1)O2. The quantitative estimate of drug-likeness (QED) is 0.250. The first-order chi connectivity index (χ1) is 14.9. The van der Waals surface area contributed by atoms with Gasteiger partial charge in [-0.3, -0.25) is 14.9 Å². The number of ketones is 1. The van der Waals surface area contributed by atoms with Crippen LogP contribution in [-0.2, 0) is 11.2 Å². The summed E-state index contributed by atoms with van der Waals surface area (Å²) >= 11 is 0. The number of fused-ring (bicyclic) bond motifs is 1. The minimum Gasteiger partial charge on any atom is -0.504 e. The van der Waals surface area contributed by atoms with Gasteiger partial charge in [0.1, 0.15) is 12.3 Å². The van der Waals surface area contributed by atoms with Crippen LogP contribution in [-0.4, -0.2) is 40.0 Å². The van der Waals surface area contributed by atoms with E-state index in [1.807, 2.05) is 13.8 Å². The Labute approximate surface area is 187 Å². The minimum absolute atomic E-state index is 0.166. The van der Waals surface area contributed by atoms with Gasteiger partial charge in [-0.2, -0.15) is 0 Å². The molecule has 0 fully saturated rings. The van der Waals surface area contributed by atoms with Gasteiger partial charge < -0.3 is 20.7 Å². The lowest BCUT2D eigenvalue weighted by Gasteiger charge is -2.36. The molecule has 1 aliphatic heterocycles. The molecule has 0 saturated carbocycles. The smallest absolute Gasteiger partial charge is 0.270 e. The lowest BCUT2D eigenvalue weighted by molar-refractivity contribution is -0.135. The standard InChI is InChI=1S/C24H29N3O5/c1-12-13(2)15(4)21-17(14(12)3)8-9-24(5,32-21)22(31)27-23(25)26-11-20(30)16-6-7-18(28)19(29)10-16/h6-7,10,28-29H,8-9,11H2,1-5H3,(H3,25,26,27,31). The lowest BCUT2D eigenvalue weighted by Crippen LogP contribution is -2.54. The van der Waals surface area contributed by atoms with E-state index in [0.717, 1.165) is 28.5 Å². The monoisotopic (exact) mass is 439 g/mol. The van der Waals surface area contributed by atoms with Crippen LogP contribution in [0.25, 0.3) is 0 Å². The van der Waals surface area contributed by atoms with Gasteiger partial charge in [-0.25, -0.2) is 4.99 Å². The van der Waals surface area contributed by atoms with Crippen molar-refractivity contribution in [2.45, 2.75) is 53.1 Å². The summed E-state index contributed by atoms with van der Waals surface area (Å²) < 4.78 is 6.21. The number of nitrogens with two attached hydrogens (primary N) is 1. The molecule has 0 bridgehead atoms. The van der Waals surface area contributed by atoms with Gasteiger partial charge in [0.05, 0.1) is 0 Å². The zero-order valence-electron chi connectivity index (χ0n) is 19.0. The number of phenols is 2. The Morgan fingerprint density at radius 1 is 1.09 bits per heavy atom. The van der Waals surface area contributed by atoms with Crippen LogP contribution >= 0.6 is 0 Å². The molecule has 2 aromatic rings. The average molecular weight is 440 g/mol. The summed E-state index contributed by atoms with van der Waals surface area (Å²) in [6.07, 6.45) is 1.18. The molecule has 1 amide bonds. The molecule has 0 radical (unpaired) electrons. The number of benzene rings is 2. The van der Waals surface area contributed by atoms with Crippen molar-refractivity contribution in [2.75, 3.05) is 6.54 Å². The molecule has 0 saturated heterocycles. The van der Waals surface area contributed by atoms with E-state index in [1.165, 1.54) is 23.3 Å². The van der Waals surface area contributed by atoms with Crippen molar-refractivity contribution < 1.29 is 24.5 Å². The van der Waals surface area contributed by atoms with Gasteiger partial charge >= 0.3 is 0 Å². The maximum absolute atomic E-state index is 12.9. The van der Waals surface area contributed by atoms with E-state index in [2.05, 4.69) is 24.2 Å². The summed E-state index contributed by atoms with van der Waals surface area (Å²) in [5, 5.41) is 21.4. The predicted molar refractivity (Wildman–Crippen MR) is 121 cm³/mol. The van der Waals surface area contributed by atoms with Gasteiger partial charge in [-0.15, -0.1) is 0 Å². The number of rotatable bonds is 4. The van der Waals surface area contributed by atoms with Gasteiger partial charge in [0.15, 0.2) is 28.8 Å². The highest BCUT2D eigenvalue weighted by molar-refractivity contribution is 6.03. The number of carbonyl (C=O) groups is 2. The zero-order valence-corrected chi connectivity index (χ0v) is 19.0. The van der Waals surface area contributed by atoms with Crippen LogP contribution in [0.4, 0.5) is 0 Å². The Morgan fingerprint density at radius 3 is 2.41 bits per heavy atom. The van der Waals surface area contributed by atoms with E-state index in [4.69, 9.17) is 10.5 Å². The number of Topliss-reactive ketones (excluding diaryl/α,β-unsaturated/α-hetero) is 1. The minimum atomic E-state index is -1.13. The number of phenolic OH excluding ortho intramolecular Hbond substituents is 2. The van der Waals surface area contributed by atoms with Gasteiger partial charge in [0.2, 0.25) is 0 Å². The molecule has 5 N–H and O–H groups in total. The number of amides is 1. The van der Waals surface area contributed by atoms with E-state index >= 15 is 0 Å². The Hall–Kier alpha value is -3.55. The highest BCUT2D eigenvalue weighted by atomic mass is 16.5. The van der Waals surface area contributed by atoms with Gasteiger partial charge in [-0.05, 0) is 87.1 Å². The van der Waals surface area contributed by atoms with E-state index in [0.29, 0.717) is 12.8 Å². The van der Waals surface area contributed by atoms with Crippen molar-refractivity contribution in [3.8, 4) is 17.2 Å². The molecule has 0 aromatic heterocycles. The maximum atomic E-state index is 12.9.